The van der Waals surface area contributed by atoms with Crippen LogP contribution in [0.1, 0.15) is 12.5 Å². The van der Waals surface area contributed by atoms with Crippen LogP contribution in [0.25, 0.3) is 0 Å². The van der Waals surface area contributed by atoms with Crippen molar-refractivity contribution in [2.24, 2.45) is 0 Å². The smallest absolute Gasteiger partial charge is 0.247 e. The maximum absolute atomic E-state index is 12.1. The Morgan fingerprint density at radius 1 is 1.50 bits per heavy atom. The zero-order valence-electron chi connectivity index (χ0n) is 11.2. The first-order valence-corrected chi connectivity index (χ1v) is 6.38. The minimum absolute atomic E-state index is 0.141. The second-order valence-electron chi connectivity index (χ2n) is 4.58. The predicted octanol–water partition coefficient (Wildman–Crippen LogP) is -0.762. The van der Waals surface area contributed by atoms with Crippen LogP contribution in [0.15, 0.2) is 23.1 Å². The third-order valence-electron chi connectivity index (χ3n) is 3.15. The summed E-state index contributed by atoms with van der Waals surface area (Å²) in [4.78, 5) is 38.5. The fourth-order valence-electron chi connectivity index (χ4n) is 2.06. The van der Waals surface area contributed by atoms with Gasteiger partial charge in [-0.25, -0.2) is 0 Å². The lowest BCUT2D eigenvalue weighted by Gasteiger charge is -2.33. The molecule has 1 saturated heterocycles. The molecule has 2 rings (SSSR count). The normalized spacial score (nSPS) is 18.6. The predicted molar refractivity (Wildman–Crippen MR) is 70.9 cm³/mol. The van der Waals surface area contributed by atoms with Crippen LogP contribution in [0.4, 0.5) is 0 Å². The Morgan fingerprint density at radius 2 is 2.30 bits per heavy atom. The van der Waals surface area contributed by atoms with Crippen molar-refractivity contribution in [1.29, 1.82) is 0 Å². The largest absolute Gasteiger partial charge is 0.377 e. The number of aromatic amines is 1. The second kappa shape index (κ2) is 6.33. The van der Waals surface area contributed by atoms with Crippen LogP contribution in [-0.2, 0) is 20.9 Å². The number of ether oxygens (including phenoxy) is 1. The van der Waals surface area contributed by atoms with Crippen molar-refractivity contribution >= 4 is 11.8 Å². The van der Waals surface area contributed by atoms with Crippen LogP contribution in [0, 0.1) is 0 Å². The highest BCUT2D eigenvalue weighted by atomic mass is 16.5. The summed E-state index contributed by atoms with van der Waals surface area (Å²) in [6.07, 6.45) is 1.54. The van der Waals surface area contributed by atoms with E-state index >= 15 is 0 Å². The summed E-state index contributed by atoms with van der Waals surface area (Å²) >= 11 is 0. The van der Waals surface area contributed by atoms with Gasteiger partial charge in [0, 0.05) is 32.3 Å². The molecule has 0 aromatic carbocycles. The number of carbonyl (C=O) groups excluding carboxylic acids is 2. The molecule has 0 saturated carbocycles. The number of H-pyrrole nitrogens is 1. The van der Waals surface area contributed by atoms with Gasteiger partial charge in [-0.1, -0.05) is 6.07 Å². The van der Waals surface area contributed by atoms with Crippen molar-refractivity contribution in [3.8, 4) is 0 Å². The van der Waals surface area contributed by atoms with E-state index in [1.54, 1.807) is 12.3 Å². The molecule has 2 N–H and O–H groups in total. The van der Waals surface area contributed by atoms with Gasteiger partial charge in [-0.2, -0.15) is 0 Å². The lowest BCUT2D eigenvalue weighted by Crippen LogP contribution is -2.55. The highest BCUT2D eigenvalue weighted by Crippen LogP contribution is 2.07. The summed E-state index contributed by atoms with van der Waals surface area (Å²) in [6, 6.07) is 2.44. The molecular weight excluding hydrogens is 262 g/mol. The fraction of sp³-hybridized carbons (Fsp3) is 0.462. The number of aromatic nitrogens is 1. The van der Waals surface area contributed by atoms with Gasteiger partial charge in [0.2, 0.25) is 17.4 Å². The molecule has 1 aromatic rings. The standard InChI is InChI=1S/C13H17N3O4/c1-9(17)16-4-5-20-8-11(16)13(19)15-7-10-2-3-12(18)14-6-10/h2-3,6,11H,4-5,7-8H2,1H3,(H,14,18)(H,15,19). The number of rotatable bonds is 3. The summed E-state index contributed by atoms with van der Waals surface area (Å²) < 4.78 is 5.25. The van der Waals surface area contributed by atoms with Crippen molar-refractivity contribution in [3.63, 3.8) is 0 Å². The van der Waals surface area contributed by atoms with Crippen LogP contribution in [-0.4, -0.2) is 47.5 Å². The Kier molecular flexibility index (Phi) is 4.52. The van der Waals surface area contributed by atoms with Crippen molar-refractivity contribution in [3.05, 3.63) is 34.2 Å². The van der Waals surface area contributed by atoms with E-state index in [0.29, 0.717) is 13.2 Å². The molecule has 1 unspecified atom stereocenters. The molecule has 0 aliphatic carbocycles. The van der Waals surface area contributed by atoms with Crippen LogP contribution < -0.4 is 10.9 Å². The minimum Gasteiger partial charge on any atom is -0.377 e. The van der Waals surface area contributed by atoms with E-state index in [-0.39, 0.29) is 30.5 Å². The Bertz CT molecular complexity index is 534. The average molecular weight is 279 g/mol. The number of nitrogens with one attached hydrogen (secondary N) is 2. The molecule has 2 amide bonds. The van der Waals surface area contributed by atoms with Gasteiger partial charge in [0.05, 0.1) is 13.2 Å². The van der Waals surface area contributed by atoms with Crippen molar-refractivity contribution in [1.82, 2.24) is 15.2 Å². The molecule has 1 atom stereocenters. The van der Waals surface area contributed by atoms with Gasteiger partial charge in [-0.3, -0.25) is 14.4 Å². The van der Waals surface area contributed by atoms with Gasteiger partial charge >= 0.3 is 0 Å². The number of nitrogens with zero attached hydrogens (tertiary/aromatic N) is 1. The molecule has 20 heavy (non-hydrogen) atoms. The lowest BCUT2D eigenvalue weighted by molar-refractivity contribution is -0.147. The quantitative estimate of drug-likeness (QED) is 0.760. The van der Waals surface area contributed by atoms with Gasteiger partial charge in [-0.05, 0) is 5.56 Å². The molecule has 1 fully saturated rings. The van der Waals surface area contributed by atoms with E-state index in [0.717, 1.165) is 5.56 Å². The number of morpholine rings is 1. The van der Waals surface area contributed by atoms with Crippen LogP contribution in [0.2, 0.25) is 0 Å². The Balaban J connectivity index is 1.94. The third-order valence-corrected chi connectivity index (χ3v) is 3.15. The molecule has 0 spiro atoms. The lowest BCUT2D eigenvalue weighted by atomic mass is 10.2. The summed E-state index contributed by atoms with van der Waals surface area (Å²) in [5.74, 6) is -0.399. The number of amides is 2. The van der Waals surface area contributed by atoms with Crippen molar-refractivity contribution in [2.45, 2.75) is 19.5 Å². The molecule has 1 aromatic heterocycles. The summed E-state index contributed by atoms with van der Waals surface area (Å²) in [5, 5.41) is 2.74. The molecule has 1 aliphatic heterocycles. The Morgan fingerprint density at radius 3 is 2.95 bits per heavy atom. The van der Waals surface area contributed by atoms with Crippen molar-refractivity contribution < 1.29 is 14.3 Å². The number of hydrogen-bond donors (Lipinski definition) is 2. The van der Waals surface area contributed by atoms with E-state index in [9.17, 15) is 14.4 Å². The number of hydrogen-bond acceptors (Lipinski definition) is 4. The fourth-order valence-corrected chi connectivity index (χ4v) is 2.06. The van der Waals surface area contributed by atoms with Crippen LogP contribution >= 0.6 is 0 Å². The summed E-state index contributed by atoms with van der Waals surface area (Å²) in [7, 11) is 0. The Labute approximate surface area is 115 Å². The molecular formula is C13H17N3O4. The van der Waals surface area contributed by atoms with Gasteiger partial charge in [0.25, 0.3) is 0 Å². The molecule has 0 radical (unpaired) electrons. The molecule has 0 bridgehead atoms. The van der Waals surface area contributed by atoms with Gasteiger partial charge in [0.1, 0.15) is 6.04 Å². The molecule has 108 valence electrons. The maximum Gasteiger partial charge on any atom is 0.247 e. The summed E-state index contributed by atoms with van der Waals surface area (Å²) in [5.41, 5.74) is 0.590. The first kappa shape index (κ1) is 14.3. The van der Waals surface area contributed by atoms with Gasteiger partial charge < -0.3 is 19.9 Å². The highest BCUT2D eigenvalue weighted by molar-refractivity contribution is 5.87. The number of carbonyl (C=O) groups is 2. The topological polar surface area (TPSA) is 91.5 Å². The average Bonchev–Trinajstić information content (AvgIpc) is 2.46. The zero-order chi connectivity index (χ0) is 14.5. The monoisotopic (exact) mass is 279 g/mol. The van der Waals surface area contributed by atoms with Crippen LogP contribution in [0.5, 0.6) is 0 Å². The van der Waals surface area contributed by atoms with E-state index in [1.165, 1.54) is 17.9 Å². The minimum atomic E-state index is -0.594. The van der Waals surface area contributed by atoms with Gasteiger partial charge in [0.15, 0.2) is 0 Å². The number of pyridine rings is 1. The maximum atomic E-state index is 12.1. The summed E-state index contributed by atoms with van der Waals surface area (Å²) in [6.45, 7) is 2.80. The van der Waals surface area contributed by atoms with Crippen LogP contribution in [0.3, 0.4) is 0 Å². The molecule has 7 nitrogen and oxygen atoms in total. The second-order valence-corrected chi connectivity index (χ2v) is 4.58. The van der Waals surface area contributed by atoms with E-state index in [1.807, 2.05) is 0 Å². The third kappa shape index (κ3) is 3.45. The molecule has 2 heterocycles. The van der Waals surface area contributed by atoms with E-state index < -0.39 is 6.04 Å². The zero-order valence-corrected chi connectivity index (χ0v) is 11.2. The Hall–Kier alpha value is -2.15. The van der Waals surface area contributed by atoms with E-state index in [4.69, 9.17) is 4.74 Å². The molecule has 1 aliphatic rings. The highest BCUT2D eigenvalue weighted by Gasteiger charge is 2.30. The first-order chi connectivity index (χ1) is 9.58. The van der Waals surface area contributed by atoms with Crippen molar-refractivity contribution in [2.75, 3.05) is 19.8 Å². The van der Waals surface area contributed by atoms with E-state index in [2.05, 4.69) is 10.3 Å². The first-order valence-electron chi connectivity index (χ1n) is 6.38. The molecule has 7 heteroatoms. The SMILES string of the molecule is CC(=O)N1CCOCC1C(=O)NCc1ccc(=O)[nH]c1. The van der Waals surface area contributed by atoms with Gasteiger partial charge in [-0.15, -0.1) is 0 Å².